The lowest BCUT2D eigenvalue weighted by Crippen LogP contribution is -2.50. The SMILES string of the molecule is CCc1nc(C(=O)N2CCN(C(C)=O)CC2)nn1-c1c(Cl)cccc1Cl. The van der Waals surface area contributed by atoms with Gasteiger partial charge >= 0.3 is 0 Å². The van der Waals surface area contributed by atoms with Gasteiger partial charge in [-0.2, -0.15) is 0 Å². The summed E-state index contributed by atoms with van der Waals surface area (Å²) in [7, 11) is 0. The largest absolute Gasteiger partial charge is 0.339 e. The van der Waals surface area contributed by atoms with Crippen LogP contribution in [0.5, 0.6) is 0 Å². The molecule has 9 heteroatoms. The molecule has 0 bridgehead atoms. The summed E-state index contributed by atoms with van der Waals surface area (Å²) < 4.78 is 1.53. The fourth-order valence-electron chi connectivity index (χ4n) is 2.90. The maximum absolute atomic E-state index is 12.8. The standard InChI is InChI=1S/C17H19Cl2N5O2/c1-3-14-20-16(17(26)23-9-7-22(8-10-23)11(2)25)21-24(14)15-12(18)5-4-6-13(15)19/h4-6H,3,7-10H2,1-2H3. The van der Waals surface area contributed by atoms with Crippen LogP contribution in [0.25, 0.3) is 5.69 Å². The van der Waals surface area contributed by atoms with Gasteiger partial charge in [0.15, 0.2) is 0 Å². The molecule has 2 aromatic rings. The quantitative estimate of drug-likeness (QED) is 0.799. The minimum absolute atomic E-state index is 0.0149. The van der Waals surface area contributed by atoms with Crippen molar-refractivity contribution in [3.63, 3.8) is 0 Å². The van der Waals surface area contributed by atoms with E-state index in [0.717, 1.165) is 0 Å². The van der Waals surface area contributed by atoms with Crippen molar-refractivity contribution in [2.24, 2.45) is 0 Å². The summed E-state index contributed by atoms with van der Waals surface area (Å²) in [6.07, 6.45) is 0.569. The number of rotatable bonds is 3. The summed E-state index contributed by atoms with van der Waals surface area (Å²) in [5, 5.41) is 5.24. The molecule has 0 N–H and O–H groups in total. The summed E-state index contributed by atoms with van der Waals surface area (Å²) in [5.74, 6) is 0.464. The minimum Gasteiger partial charge on any atom is -0.339 e. The molecule has 0 radical (unpaired) electrons. The molecule has 7 nitrogen and oxygen atoms in total. The monoisotopic (exact) mass is 395 g/mol. The zero-order valence-corrected chi connectivity index (χ0v) is 16.1. The molecule has 0 saturated carbocycles. The summed E-state index contributed by atoms with van der Waals surface area (Å²) in [4.78, 5) is 32.0. The number of nitrogens with zero attached hydrogens (tertiary/aromatic N) is 5. The van der Waals surface area contributed by atoms with Crippen molar-refractivity contribution in [3.8, 4) is 5.69 Å². The molecule has 1 aliphatic heterocycles. The molecule has 3 rings (SSSR count). The highest BCUT2D eigenvalue weighted by Crippen LogP contribution is 2.28. The average molecular weight is 396 g/mol. The normalized spacial score (nSPS) is 14.6. The molecule has 1 fully saturated rings. The van der Waals surface area contributed by atoms with Gasteiger partial charge in [0.2, 0.25) is 11.7 Å². The number of halogens is 2. The van der Waals surface area contributed by atoms with Crippen LogP contribution in [0.4, 0.5) is 0 Å². The minimum atomic E-state index is -0.259. The maximum atomic E-state index is 12.8. The molecular formula is C17H19Cl2N5O2. The molecule has 138 valence electrons. The summed E-state index contributed by atoms with van der Waals surface area (Å²) >= 11 is 12.5. The highest BCUT2D eigenvalue weighted by molar-refractivity contribution is 6.37. The number of aromatic nitrogens is 3. The van der Waals surface area contributed by atoms with E-state index in [9.17, 15) is 9.59 Å². The Morgan fingerprint density at radius 2 is 1.65 bits per heavy atom. The third-order valence-corrected chi connectivity index (χ3v) is 4.95. The molecule has 1 aliphatic rings. The van der Waals surface area contributed by atoms with Crippen molar-refractivity contribution in [1.82, 2.24) is 24.6 Å². The second-order valence-corrected chi connectivity index (χ2v) is 6.80. The third kappa shape index (κ3) is 3.54. The number of benzene rings is 1. The molecule has 2 heterocycles. The molecule has 1 aromatic heterocycles. The van der Waals surface area contributed by atoms with Gasteiger partial charge in [-0.1, -0.05) is 36.2 Å². The van der Waals surface area contributed by atoms with Crippen LogP contribution in [0.1, 0.15) is 30.3 Å². The van der Waals surface area contributed by atoms with E-state index in [0.29, 0.717) is 54.2 Å². The van der Waals surface area contributed by atoms with Crippen molar-refractivity contribution in [3.05, 3.63) is 39.9 Å². The van der Waals surface area contributed by atoms with Gasteiger partial charge in [-0.25, -0.2) is 9.67 Å². The predicted molar refractivity (Wildman–Crippen MR) is 98.9 cm³/mol. The zero-order chi connectivity index (χ0) is 18.8. The van der Waals surface area contributed by atoms with E-state index in [-0.39, 0.29) is 17.6 Å². The fraction of sp³-hybridized carbons (Fsp3) is 0.412. The Hall–Kier alpha value is -2.12. The lowest BCUT2D eigenvalue weighted by atomic mass is 10.3. The van der Waals surface area contributed by atoms with Crippen LogP contribution < -0.4 is 0 Å². The Balaban J connectivity index is 1.87. The van der Waals surface area contributed by atoms with Gasteiger partial charge in [0.1, 0.15) is 11.5 Å². The van der Waals surface area contributed by atoms with Crippen molar-refractivity contribution in [2.75, 3.05) is 26.2 Å². The Kier molecular flexibility index (Phi) is 5.48. The van der Waals surface area contributed by atoms with Gasteiger partial charge in [-0.15, -0.1) is 5.10 Å². The number of piperazine rings is 1. The first-order valence-corrected chi connectivity index (χ1v) is 9.13. The molecule has 0 unspecified atom stereocenters. The summed E-state index contributed by atoms with van der Waals surface area (Å²) in [6.45, 7) is 5.40. The maximum Gasteiger partial charge on any atom is 0.293 e. The number of hydrogen-bond donors (Lipinski definition) is 0. The molecule has 26 heavy (non-hydrogen) atoms. The van der Waals surface area contributed by atoms with Crippen molar-refractivity contribution < 1.29 is 9.59 Å². The van der Waals surface area contributed by atoms with Gasteiger partial charge in [0.05, 0.1) is 10.0 Å². The van der Waals surface area contributed by atoms with Crippen molar-refractivity contribution in [2.45, 2.75) is 20.3 Å². The number of carbonyl (C=O) groups excluding carboxylic acids is 2. The number of carbonyl (C=O) groups is 2. The van der Waals surface area contributed by atoms with Crippen LogP contribution >= 0.6 is 23.2 Å². The highest BCUT2D eigenvalue weighted by atomic mass is 35.5. The van der Waals surface area contributed by atoms with Crippen LogP contribution in [0.15, 0.2) is 18.2 Å². The Morgan fingerprint density at radius 3 is 2.19 bits per heavy atom. The van der Waals surface area contributed by atoms with E-state index in [1.807, 2.05) is 6.92 Å². The predicted octanol–water partition coefficient (Wildman–Crippen LogP) is 2.44. The molecule has 1 aromatic carbocycles. The lowest BCUT2D eigenvalue weighted by Gasteiger charge is -2.33. The first-order chi connectivity index (χ1) is 12.4. The average Bonchev–Trinajstić information content (AvgIpc) is 3.05. The number of para-hydroxylation sites is 1. The van der Waals surface area contributed by atoms with Crippen molar-refractivity contribution in [1.29, 1.82) is 0 Å². The Labute approximate surface area is 161 Å². The van der Waals surface area contributed by atoms with Gasteiger partial charge in [-0.05, 0) is 12.1 Å². The van der Waals surface area contributed by atoms with E-state index in [2.05, 4.69) is 10.1 Å². The number of hydrogen-bond acceptors (Lipinski definition) is 4. The van der Waals surface area contributed by atoms with Crippen LogP contribution in [-0.4, -0.2) is 62.6 Å². The summed E-state index contributed by atoms with van der Waals surface area (Å²) in [5.41, 5.74) is 0.514. The molecule has 2 amide bonds. The van der Waals surface area contributed by atoms with Gasteiger partial charge in [0.25, 0.3) is 5.91 Å². The first-order valence-electron chi connectivity index (χ1n) is 8.37. The molecule has 0 spiro atoms. The van der Waals surface area contributed by atoms with Crippen molar-refractivity contribution >= 4 is 35.0 Å². The van der Waals surface area contributed by atoms with E-state index >= 15 is 0 Å². The smallest absolute Gasteiger partial charge is 0.293 e. The van der Waals surface area contributed by atoms with E-state index in [1.165, 1.54) is 11.6 Å². The van der Waals surface area contributed by atoms with Crippen LogP contribution in [0.2, 0.25) is 10.0 Å². The second-order valence-electron chi connectivity index (χ2n) is 5.99. The highest BCUT2D eigenvalue weighted by Gasteiger charge is 2.27. The van der Waals surface area contributed by atoms with E-state index in [1.54, 1.807) is 28.0 Å². The molecular weight excluding hydrogens is 377 g/mol. The zero-order valence-electron chi connectivity index (χ0n) is 14.6. The van der Waals surface area contributed by atoms with Crippen LogP contribution in [0.3, 0.4) is 0 Å². The summed E-state index contributed by atoms with van der Waals surface area (Å²) in [6, 6.07) is 5.18. The van der Waals surface area contributed by atoms with Crippen LogP contribution in [0, 0.1) is 0 Å². The topological polar surface area (TPSA) is 71.3 Å². The first kappa shape index (κ1) is 18.7. The lowest BCUT2D eigenvalue weighted by molar-refractivity contribution is -0.130. The van der Waals surface area contributed by atoms with E-state index < -0.39 is 0 Å². The Morgan fingerprint density at radius 1 is 1.08 bits per heavy atom. The Bertz CT molecular complexity index is 823. The third-order valence-electron chi connectivity index (χ3n) is 4.34. The number of aryl methyl sites for hydroxylation is 1. The van der Waals surface area contributed by atoms with Crippen LogP contribution in [-0.2, 0) is 11.2 Å². The molecule has 0 atom stereocenters. The van der Waals surface area contributed by atoms with Gasteiger partial charge < -0.3 is 9.80 Å². The molecule has 0 aliphatic carbocycles. The number of amides is 2. The molecule has 1 saturated heterocycles. The van der Waals surface area contributed by atoms with E-state index in [4.69, 9.17) is 23.2 Å². The fourth-order valence-corrected chi connectivity index (χ4v) is 3.46. The van der Waals surface area contributed by atoms with Gasteiger partial charge in [-0.3, -0.25) is 9.59 Å². The van der Waals surface area contributed by atoms with Gasteiger partial charge in [0, 0.05) is 39.5 Å². The second kappa shape index (κ2) is 7.63.